The number of aliphatic hydroxyl groups is 2. The van der Waals surface area contributed by atoms with Crippen LogP contribution in [0.3, 0.4) is 0 Å². The SMILES string of the molecule is COCC1CCC=C(O)C1(C)O. The maximum absolute atomic E-state index is 9.84. The number of ether oxygens (including phenoxy) is 1. The largest absolute Gasteiger partial charge is 0.510 e. The van der Waals surface area contributed by atoms with Gasteiger partial charge in [0.05, 0.1) is 6.61 Å². The van der Waals surface area contributed by atoms with Crippen molar-refractivity contribution < 1.29 is 14.9 Å². The topological polar surface area (TPSA) is 49.7 Å². The van der Waals surface area contributed by atoms with Gasteiger partial charge in [-0.2, -0.15) is 0 Å². The molecule has 0 spiro atoms. The van der Waals surface area contributed by atoms with Gasteiger partial charge in [0.25, 0.3) is 0 Å². The molecule has 0 heterocycles. The Morgan fingerprint density at radius 2 is 2.42 bits per heavy atom. The zero-order valence-corrected chi connectivity index (χ0v) is 7.58. The molecule has 1 aliphatic rings. The van der Waals surface area contributed by atoms with Crippen molar-refractivity contribution in [3.8, 4) is 0 Å². The Morgan fingerprint density at radius 1 is 1.75 bits per heavy atom. The number of methoxy groups -OCH3 is 1. The third-order valence-corrected chi connectivity index (χ3v) is 2.53. The Balaban J connectivity index is 2.72. The number of rotatable bonds is 2. The van der Waals surface area contributed by atoms with E-state index in [4.69, 9.17) is 4.74 Å². The zero-order valence-electron chi connectivity index (χ0n) is 7.58. The zero-order chi connectivity index (χ0) is 9.19. The first kappa shape index (κ1) is 9.55. The fraction of sp³-hybridized carbons (Fsp3) is 0.778. The minimum absolute atomic E-state index is 0.00694. The predicted octanol–water partition coefficient (Wildman–Crippen LogP) is 1.24. The van der Waals surface area contributed by atoms with Crippen molar-refractivity contribution in [1.29, 1.82) is 0 Å². The highest BCUT2D eigenvalue weighted by molar-refractivity contribution is 5.13. The van der Waals surface area contributed by atoms with Gasteiger partial charge in [-0.15, -0.1) is 0 Å². The van der Waals surface area contributed by atoms with E-state index in [2.05, 4.69) is 0 Å². The maximum atomic E-state index is 9.84. The Labute approximate surface area is 72.7 Å². The summed E-state index contributed by atoms with van der Waals surface area (Å²) < 4.78 is 4.97. The molecule has 1 aliphatic carbocycles. The molecule has 0 fully saturated rings. The lowest BCUT2D eigenvalue weighted by atomic mass is 9.80. The standard InChI is InChI=1S/C9H16O3/c1-9(11)7(6-12-2)4-3-5-8(9)10/h5,7,10-11H,3-4,6H2,1-2H3. The lowest BCUT2D eigenvalue weighted by Gasteiger charge is -2.34. The summed E-state index contributed by atoms with van der Waals surface area (Å²) in [7, 11) is 1.60. The van der Waals surface area contributed by atoms with Crippen LogP contribution < -0.4 is 0 Å². The minimum Gasteiger partial charge on any atom is -0.510 e. The summed E-state index contributed by atoms with van der Waals surface area (Å²) in [6.07, 6.45) is 3.35. The van der Waals surface area contributed by atoms with E-state index in [1.54, 1.807) is 20.1 Å². The van der Waals surface area contributed by atoms with Crippen LogP contribution in [0.1, 0.15) is 19.8 Å². The third kappa shape index (κ3) is 1.62. The Bertz CT molecular complexity index is 184. The Kier molecular flexibility index (Phi) is 2.75. The molecule has 1 rings (SSSR count). The predicted molar refractivity (Wildman–Crippen MR) is 45.9 cm³/mol. The number of allylic oxidation sites excluding steroid dienone is 1. The minimum atomic E-state index is -1.10. The summed E-state index contributed by atoms with van der Waals surface area (Å²) in [4.78, 5) is 0. The van der Waals surface area contributed by atoms with Crippen LogP contribution >= 0.6 is 0 Å². The van der Waals surface area contributed by atoms with Crippen LogP contribution in [0.15, 0.2) is 11.8 Å². The van der Waals surface area contributed by atoms with Crippen LogP contribution in [0.4, 0.5) is 0 Å². The molecular formula is C9H16O3. The molecule has 3 nitrogen and oxygen atoms in total. The summed E-state index contributed by atoms with van der Waals surface area (Å²) >= 11 is 0. The molecule has 70 valence electrons. The van der Waals surface area contributed by atoms with E-state index in [0.29, 0.717) is 6.61 Å². The first-order valence-corrected chi connectivity index (χ1v) is 4.20. The number of hydrogen-bond donors (Lipinski definition) is 2. The van der Waals surface area contributed by atoms with Gasteiger partial charge < -0.3 is 14.9 Å². The van der Waals surface area contributed by atoms with Crippen molar-refractivity contribution in [2.45, 2.75) is 25.4 Å². The van der Waals surface area contributed by atoms with Crippen LogP contribution in [0.25, 0.3) is 0 Å². The first-order chi connectivity index (χ1) is 5.59. The van der Waals surface area contributed by atoms with Crippen LogP contribution in [-0.2, 0) is 4.74 Å². The molecule has 2 atom stereocenters. The molecule has 0 radical (unpaired) electrons. The number of hydrogen-bond acceptors (Lipinski definition) is 3. The van der Waals surface area contributed by atoms with Crippen LogP contribution in [0, 0.1) is 5.92 Å². The van der Waals surface area contributed by atoms with Crippen LogP contribution in [0.2, 0.25) is 0 Å². The second kappa shape index (κ2) is 3.46. The van der Waals surface area contributed by atoms with Crippen molar-refractivity contribution in [3.05, 3.63) is 11.8 Å². The molecule has 0 aromatic heterocycles. The maximum Gasteiger partial charge on any atom is 0.123 e. The quantitative estimate of drug-likeness (QED) is 0.658. The van der Waals surface area contributed by atoms with Crippen molar-refractivity contribution >= 4 is 0 Å². The van der Waals surface area contributed by atoms with Gasteiger partial charge >= 0.3 is 0 Å². The molecule has 0 saturated heterocycles. The van der Waals surface area contributed by atoms with E-state index in [-0.39, 0.29) is 11.7 Å². The van der Waals surface area contributed by atoms with Crippen molar-refractivity contribution in [2.24, 2.45) is 5.92 Å². The van der Waals surface area contributed by atoms with Gasteiger partial charge in [-0.3, -0.25) is 0 Å². The smallest absolute Gasteiger partial charge is 0.123 e. The molecule has 12 heavy (non-hydrogen) atoms. The second-order valence-electron chi connectivity index (χ2n) is 3.47. The second-order valence-corrected chi connectivity index (χ2v) is 3.47. The van der Waals surface area contributed by atoms with Crippen LogP contribution in [-0.4, -0.2) is 29.5 Å². The summed E-state index contributed by atoms with van der Waals surface area (Å²) in [6, 6.07) is 0. The lowest BCUT2D eigenvalue weighted by molar-refractivity contribution is -0.0414. The summed E-state index contributed by atoms with van der Waals surface area (Å²) in [5, 5.41) is 19.2. The molecule has 0 saturated carbocycles. The fourth-order valence-electron chi connectivity index (χ4n) is 1.56. The fourth-order valence-corrected chi connectivity index (χ4v) is 1.56. The molecule has 3 heteroatoms. The normalized spacial score (nSPS) is 36.2. The van der Waals surface area contributed by atoms with Gasteiger partial charge in [0.15, 0.2) is 0 Å². The third-order valence-electron chi connectivity index (χ3n) is 2.53. The molecular weight excluding hydrogens is 156 g/mol. The van der Waals surface area contributed by atoms with Crippen molar-refractivity contribution in [1.82, 2.24) is 0 Å². The molecule has 0 bridgehead atoms. The van der Waals surface area contributed by atoms with Gasteiger partial charge in [0.1, 0.15) is 11.4 Å². The lowest BCUT2D eigenvalue weighted by Crippen LogP contribution is -2.41. The molecule has 0 aromatic carbocycles. The highest BCUT2D eigenvalue weighted by atomic mass is 16.5. The molecule has 0 amide bonds. The van der Waals surface area contributed by atoms with E-state index in [1.165, 1.54) is 0 Å². The van der Waals surface area contributed by atoms with E-state index < -0.39 is 5.60 Å². The highest BCUT2D eigenvalue weighted by Gasteiger charge is 2.37. The highest BCUT2D eigenvalue weighted by Crippen LogP contribution is 2.32. The Hall–Kier alpha value is -0.540. The average molecular weight is 172 g/mol. The summed E-state index contributed by atoms with van der Waals surface area (Å²) in [5.74, 6) is 0.0864. The van der Waals surface area contributed by atoms with Gasteiger partial charge in [-0.05, 0) is 25.8 Å². The van der Waals surface area contributed by atoms with Gasteiger partial charge in [0, 0.05) is 13.0 Å². The summed E-state index contributed by atoms with van der Waals surface area (Å²) in [6.45, 7) is 2.12. The molecule has 0 aliphatic heterocycles. The molecule has 0 aromatic rings. The van der Waals surface area contributed by atoms with Gasteiger partial charge in [-0.1, -0.05) is 0 Å². The first-order valence-electron chi connectivity index (χ1n) is 4.20. The van der Waals surface area contributed by atoms with Crippen molar-refractivity contribution in [2.75, 3.05) is 13.7 Å². The van der Waals surface area contributed by atoms with E-state index >= 15 is 0 Å². The van der Waals surface area contributed by atoms with Crippen LogP contribution in [0.5, 0.6) is 0 Å². The monoisotopic (exact) mass is 172 g/mol. The average Bonchev–Trinajstić information content (AvgIpc) is 2.00. The van der Waals surface area contributed by atoms with E-state index in [1.807, 2.05) is 0 Å². The van der Waals surface area contributed by atoms with E-state index in [0.717, 1.165) is 12.8 Å². The molecule has 2 unspecified atom stereocenters. The number of aliphatic hydroxyl groups excluding tert-OH is 1. The molecule has 2 N–H and O–H groups in total. The Morgan fingerprint density at radius 3 is 3.00 bits per heavy atom. The van der Waals surface area contributed by atoms with E-state index in [9.17, 15) is 10.2 Å². The van der Waals surface area contributed by atoms with Crippen molar-refractivity contribution in [3.63, 3.8) is 0 Å². The summed E-state index contributed by atoms with van der Waals surface area (Å²) in [5.41, 5.74) is -1.10. The van der Waals surface area contributed by atoms with Gasteiger partial charge in [-0.25, -0.2) is 0 Å². The van der Waals surface area contributed by atoms with Gasteiger partial charge in [0.2, 0.25) is 0 Å².